The minimum Gasteiger partial charge on any atom is -0.488 e. The SMILES string of the molecule is CCCOC(=O)c1cc(NC(=O)CN2C(=O)S/C(=C/c3ccccc3OCc3ccccc3F)C2=O)ccc1Cl. The van der Waals surface area contributed by atoms with Gasteiger partial charge in [0.2, 0.25) is 5.91 Å². The Morgan fingerprint density at radius 1 is 1.07 bits per heavy atom. The second-order valence-electron chi connectivity index (χ2n) is 8.56. The third-order valence-corrected chi connectivity index (χ3v) is 6.87. The van der Waals surface area contributed by atoms with Crippen LogP contribution in [0.25, 0.3) is 6.08 Å². The average Bonchev–Trinajstić information content (AvgIpc) is 3.20. The van der Waals surface area contributed by atoms with Crippen LogP contribution in [-0.4, -0.2) is 41.1 Å². The molecule has 1 fully saturated rings. The number of carbonyl (C=O) groups excluding carboxylic acids is 4. The van der Waals surface area contributed by atoms with Gasteiger partial charge in [0.1, 0.15) is 24.7 Å². The first-order chi connectivity index (χ1) is 19.3. The summed E-state index contributed by atoms with van der Waals surface area (Å²) >= 11 is 6.78. The van der Waals surface area contributed by atoms with E-state index in [4.69, 9.17) is 21.1 Å². The van der Waals surface area contributed by atoms with E-state index in [2.05, 4.69) is 5.32 Å². The van der Waals surface area contributed by atoms with Gasteiger partial charge < -0.3 is 14.8 Å². The van der Waals surface area contributed by atoms with Gasteiger partial charge in [0.25, 0.3) is 11.1 Å². The molecule has 0 unspecified atom stereocenters. The zero-order chi connectivity index (χ0) is 28.6. The maximum absolute atomic E-state index is 14.0. The van der Waals surface area contributed by atoms with Crippen molar-refractivity contribution in [2.45, 2.75) is 20.0 Å². The molecular weight excluding hydrogens is 559 g/mol. The Morgan fingerprint density at radius 2 is 1.82 bits per heavy atom. The molecule has 206 valence electrons. The third kappa shape index (κ3) is 7.08. The highest BCUT2D eigenvalue weighted by Gasteiger charge is 2.36. The smallest absolute Gasteiger partial charge is 0.339 e. The minimum atomic E-state index is -0.646. The molecule has 4 rings (SSSR count). The first-order valence-electron chi connectivity index (χ1n) is 12.2. The molecule has 3 aromatic carbocycles. The van der Waals surface area contributed by atoms with E-state index in [0.29, 0.717) is 35.1 Å². The van der Waals surface area contributed by atoms with Crippen LogP contribution in [0, 0.1) is 5.82 Å². The van der Waals surface area contributed by atoms with Gasteiger partial charge in [-0.3, -0.25) is 19.3 Å². The van der Waals surface area contributed by atoms with Crippen LogP contribution < -0.4 is 10.1 Å². The van der Waals surface area contributed by atoms with Crippen LogP contribution in [0.5, 0.6) is 5.75 Å². The molecule has 3 aromatic rings. The average molecular weight is 583 g/mol. The Bertz CT molecular complexity index is 1490. The number of halogens is 2. The topological polar surface area (TPSA) is 102 Å². The van der Waals surface area contributed by atoms with E-state index in [-0.39, 0.29) is 34.4 Å². The summed E-state index contributed by atoms with van der Waals surface area (Å²) in [5.41, 5.74) is 1.21. The quantitative estimate of drug-likeness (QED) is 0.221. The Morgan fingerprint density at radius 3 is 2.60 bits per heavy atom. The van der Waals surface area contributed by atoms with Crippen molar-refractivity contribution in [3.63, 3.8) is 0 Å². The van der Waals surface area contributed by atoms with Crippen molar-refractivity contribution < 1.29 is 33.0 Å². The second-order valence-corrected chi connectivity index (χ2v) is 9.96. The number of anilines is 1. The molecule has 1 N–H and O–H groups in total. The molecule has 0 aromatic heterocycles. The van der Waals surface area contributed by atoms with Gasteiger partial charge in [-0.2, -0.15) is 0 Å². The lowest BCUT2D eigenvalue weighted by molar-refractivity contribution is -0.127. The predicted molar refractivity (Wildman–Crippen MR) is 151 cm³/mol. The maximum atomic E-state index is 14.0. The molecule has 0 aliphatic carbocycles. The molecular formula is C29H24ClFN2O6S. The summed E-state index contributed by atoms with van der Waals surface area (Å²) in [4.78, 5) is 51.4. The second kappa shape index (κ2) is 13.3. The van der Waals surface area contributed by atoms with Crippen LogP contribution in [0.15, 0.2) is 71.6 Å². The molecule has 1 aliphatic rings. The van der Waals surface area contributed by atoms with Gasteiger partial charge in [-0.15, -0.1) is 0 Å². The zero-order valence-electron chi connectivity index (χ0n) is 21.3. The summed E-state index contributed by atoms with van der Waals surface area (Å²) in [6, 6.07) is 17.4. The number of ether oxygens (including phenoxy) is 2. The Hall–Kier alpha value is -4.15. The normalized spacial score (nSPS) is 14.0. The summed E-state index contributed by atoms with van der Waals surface area (Å²) < 4.78 is 24.9. The van der Waals surface area contributed by atoms with Crippen LogP contribution in [0.1, 0.15) is 34.8 Å². The fraction of sp³-hybridized carbons (Fsp3) is 0.172. The van der Waals surface area contributed by atoms with Crippen LogP contribution in [-0.2, 0) is 20.9 Å². The molecule has 0 saturated carbocycles. The molecule has 1 saturated heterocycles. The lowest BCUT2D eigenvalue weighted by Crippen LogP contribution is -2.36. The van der Waals surface area contributed by atoms with Crippen molar-refractivity contribution in [3.05, 3.63) is 99.2 Å². The lowest BCUT2D eigenvalue weighted by atomic mass is 10.1. The standard InChI is InChI=1S/C29H24ClFN2O6S/c1-2-13-38-28(36)21-15-20(11-12-22(21)30)32-26(34)16-33-27(35)25(40-29(33)37)14-18-7-4-6-10-24(18)39-17-19-8-3-5-9-23(19)31/h3-12,14-15H,2,13,16-17H2,1H3,(H,32,34)/b25-14+. The number of nitrogens with one attached hydrogen (secondary N) is 1. The summed E-state index contributed by atoms with van der Waals surface area (Å²) in [7, 11) is 0. The Kier molecular flexibility index (Phi) is 9.57. The van der Waals surface area contributed by atoms with Gasteiger partial charge in [-0.25, -0.2) is 9.18 Å². The summed E-state index contributed by atoms with van der Waals surface area (Å²) in [6.45, 7) is 1.51. The van der Waals surface area contributed by atoms with E-state index < -0.39 is 35.4 Å². The van der Waals surface area contributed by atoms with Crippen LogP contribution in [0.4, 0.5) is 14.9 Å². The first kappa shape index (κ1) is 28.8. The van der Waals surface area contributed by atoms with Crippen molar-refractivity contribution in [1.82, 2.24) is 4.90 Å². The van der Waals surface area contributed by atoms with Gasteiger partial charge in [-0.1, -0.05) is 54.9 Å². The van der Waals surface area contributed by atoms with Crippen molar-refractivity contribution in [2.24, 2.45) is 0 Å². The molecule has 0 bridgehead atoms. The number of esters is 1. The number of hydrogen-bond acceptors (Lipinski definition) is 7. The predicted octanol–water partition coefficient (Wildman–Crippen LogP) is 6.30. The van der Waals surface area contributed by atoms with Crippen molar-refractivity contribution in [1.29, 1.82) is 0 Å². The van der Waals surface area contributed by atoms with Gasteiger partial charge in [-0.05, 0) is 54.6 Å². The van der Waals surface area contributed by atoms with Crippen molar-refractivity contribution in [3.8, 4) is 5.75 Å². The highest BCUT2D eigenvalue weighted by atomic mass is 35.5. The van der Waals surface area contributed by atoms with E-state index in [9.17, 15) is 23.6 Å². The summed E-state index contributed by atoms with van der Waals surface area (Å²) in [5, 5.41) is 2.11. The molecule has 1 heterocycles. The number of carbonyl (C=O) groups is 4. The van der Waals surface area contributed by atoms with Gasteiger partial charge in [0.15, 0.2) is 0 Å². The van der Waals surface area contributed by atoms with Crippen LogP contribution in [0.3, 0.4) is 0 Å². The zero-order valence-corrected chi connectivity index (χ0v) is 22.9. The number of thioether (sulfide) groups is 1. The fourth-order valence-electron chi connectivity index (χ4n) is 3.66. The molecule has 1 aliphatic heterocycles. The van der Waals surface area contributed by atoms with Gasteiger partial charge >= 0.3 is 5.97 Å². The number of para-hydroxylation sites is 1. The first-order valence-corrected chi connectivity index (χ1v) is 13.4. The Labute approximate surface area is 239 Å². The number of nitrogens with zero attached hydrogens (tertiary/aromatic N) is 1. The van der Waals surface area contributed by atoms with Crippen molar-refractivity contribution >= 4 is 58.1 Å². The molecule has 0 spiro atoms. The van der Waals surface area contributed by atoms with E-state index in [1.807, 2.05) is 6.92 Å². The molecule has 8 nitrogen and oxygen atoms in total. The number of hydrogen-bond donors (Lipinski definition) is 1. The largest absolute Gasteiger partial charge is 0.488 e. The molecule has 0 radical (unpaired) electrons. The van der Waals surface area contributed by atoms with Crippen molar-refractivity contribution in [2.75, 3.05) is 18.5 Å². The van der Waals surface area contributed by atoms with E-state index in [0.717, 1.165) is 4.90 Å². The Balaban J connectivity index is 1.43. The summed E-state index contributed by atoms with van der Waals surface area (Å²) in [6.07, 6.45) is 2.13. The number of benzene rings is 3. The van der Waals surface area contributed by atoms with E-state index >= 15 is 0 Å². The fourth-order valence-corrected chi connectivity index (χ4v) is 4.68. The number of rotatable bonds is 10. The molecule has 11 heteroatoms. The van der Waals surface area contributed by atoms with Crippen LogP contribution >= 0.6 is 23.4 Å². The highest BCUT2D eigenvalue weighted by Crippen LogP contribution is 2.34. The number of imide groups is 1. The third-order valence-electron chi connectivity index (χ3n) is 5.63. The van der Waals surface area contributed by atoms with E-state index in [1.54, 1.807) is 42.5 Å². The molecule has 40 heavy (non-hydrogen) atoms. The summed E-state index contributed by atoms with van der Waals surface area (Å²) in [5.74, 6) is -1.92. The molecule has 3 amide bonds. The van der Waals surface area contributed by atoms with Gasteiger partial charge in [0.05, 0.1) is 22.1 Å². The van der Waals surface area contributed by atoms with Gasteiger partial charge in [0, 0.05) is 16.8 Å². The monoisotopic (exact) mass is 582 g/mol. The number of amides is 3. The highest BCUT2D eigenvalue weighted by molar-refractivity contribution is 8.18. The van der Waals surface area contributed by atoms with E-state index in [1.165, 1.54) is 30.3 Å². The minimum absolute atomic E-state index is 0.0259. The lowest BCUT2D eigenvalue weighted by Gasteiger charge is -2.13. The maximum Gasteiger partial charge on any atom is 0.339 e. The van der Waals surface area contributed by atoms with Crippen LogP contribution in [0.2, 0.25) is 5.02 Å². The molecule has 0 atom stereocenters.